The van der Waals surface area contributed by atoms with Crippen LogP contribution in [-0.4, -0.2) is 0 Å². The quantitative estimate of drug-likeness (QED) is 0.582. The minimum absolute atomic E-state index is 1.25. The summed E-state index contributed by atoms with van der Waals surface area (Å²) in [5.74, 6) is 2.57. The molecule has 24 heavy (non-hydrogen) atoms. The van der Waals surface area contributed by atoms with E-state index in [1.165, 1.54) is 45.2 Å². The highest BCUT2D eigenvalue weighted by atomic mass is 14.2. The van der Waals surface area contributed by atoms with E-state index in [2.05, 4.69) is 101 Å². The van der Waals surface area contributed by atoms with Crippen molar-refractivity contribution in [2.24, 2.45) is 0 Å². The van der Waals surface area contributed by atoms with Crippen molar-refractivity contribution in [2.75, 3.05) is 0 Å². The van der Waals surface area contributed by atoms with Gasteiger partial charge in [0.15, 0.2) is 0 Å². The van der Waals surface area contributed by atoms with Gasteiger partial charge in [-0.2, -0.15) is 23.6 Å². The molecule has 1 aliphatic rings. The van der Waals surface area contributed by atoms with E-state index in [4.69, 9.17) is 0 Å². The van der Waals surface area contributed by atoms with Crippen molar-refractivity contribution in [2.45, 2.75) is 27.7 Å². The van der Waals surface area contributed by atoms with E-state index in [-0.39, 0.29) is 0 Å². The molecule has 0 saturated carbocycles. The monoisotopic (exact) mass is 312 g/mol. The predicted octanol–water partition coefficient (Wildman–Crippen LogP) is 6.31. The molecule has 0 heteroatoms. The fraction of sp³-hybridized carbons (Fsp3) is 0.167. The number of benzene rings is 2. The second-order valence-electron chi connectivity index (χ2n) is 6.65. The van der Waals surface area contributed by atoms with Gasteiger partial charge < -0.3 is 0 Å². The first kappa shape index (κ1) is 16.3. The van der Waals surface area contributed by atoms with E-state index in [9.17, 15) is 0 Å². The molecule has 0 bridgehead atoms. The van der Waals surface area contributed by atoms with Crippen molar-refractivity contribution >= 4 is 0 Å². The smallest absolute Gasteiger partial charge is 0.0408 e. The summed E-state index contributed by atoms with van der Waals surface area (Å²) in [6.07, 6.45) is 8.95. The third-order valence-electron chi connectivity index (χ3n) is 4.46. The Kier molecular flexibility index (Phi) is 4.66. The first-order valence-corrected chi connectivity index (χ1v) is 8.46. The van der Waals surface area contributed by atoms with E-state index in [0.29, 0.717) is 0 Å². The van der Waals surface area contributed by atoms with Crippen LogP contribution in [-0.2, 0) is 0 Å². The lowest BCUT2D eigenvalue weighted by Gasteiger charge is -2.31. The minimum Gasteiger partial charge on any atom is -0.193 e. The zero-order valence-electron chi connectivity index (χ0n) is 14.9. The lowest BCUT2D eigenvalue weighted by molar-refractivity contribution is 1.17. The maximum atomic E-state index is 2.32. The van der Waals surface area contributed by atoms with E-state index >= 15 is 0 Å². The van der Waals surface area contributed by atoms with Crippen molar-refractivity contribution < 1.29 is 0 Å². The van der Waals surface area contributed by atoms with E-state index in [0.717, 1.165) is 0 Å². The summed E-state index contributed by atoms with van der Waals surface area (Å²) >= 11 is 0. The molecule has 0 spiro atoms. The lowest BCUT2D eigenvalue weighted by atomic mass is 9.84. The molecule has 0 unspecified atom stereocenters. The number of hydrogen-bond acceptors (Lipinski definition) is 0. The summed E-state index contributed by atoms with van der Waals surface area (Å²) in [5.41, 5.74) is 7.66. The van der Waals surface area contributed by atoms with Gasteiger partial charge >= 0.3 is 0 Å². The van der Waals surface area contributed by atoms with Crippen LogP contribution in [0.2, 0.25) is 0 Å². The molecule has 0 nitrogen and oxygen atoms in total. The van der Waals surface area contributed by atoms with Crippen LogP contribution in [0.15, 0.2) is 84.0 Å². The third kappa shape index (κ3) is 3.65. The predicted molar refractivity (Wildman–Crippen MR) is 104 cm³/mol. The summed E-state index contributed by atoms with van der Waals surface area (Å²) in [6, 6.07) is 17.6. The van der Waals surface area contributed by atoms with Crippen LogP contribution in [0, 0.1) is 25.7 Å². The van der Waals surface area contributed by atoms with Gasteiger partial charge in [-0.1, -0.05) is 49.2 Å². The Labute approximate surface area is 146 Å². The molecule has 0 aromatic heterocycles. The third-order valence-corrected chi connectivity index (χ3v) is 4.46. The van der Waals surface area contributed by atoms with Crippen LogP contribution in [0.25, 0.3) is 0 Å². The molecule has 0 heterocycles. The summed E-state index contributed by atoms with van der Waals surface area (Å²) in [6.45, 7) is 8.58. The molecule has 0 amide bonds. The van der Waals surface area contributed by atoms with Gasteiger partial charge in [0, 0.05) is 0 Å². The molecule has 0 fully saturated rings. The van der Waals surface area contributed by atoms with Gasteiger partial charge in [-0.05, 0) is 13.8 Å². The highest BCUT2D eigenvalue weighted by Gasteiger charge is 2.05. The van der Waals surface area contributed by atoms with Gasteiger partial charge in [-0.15, -0.1) is 59.0 Å². The standard InChI is InChI=1S/C24H24/c1-17-6-11-21(12-7-17)24(22-13-8-18(2)9-14-22)16-23-15-19(3)5-10-20(23)4/h5-16H,1-4H3/q-2/b23-16+. The van der Waals surface area contributed by atoms with Gasteiger partial charge in [-0.25, -0.2) is 0 Å². The van der Waals surface area contributed by atoms with Gasteiger partial charge in [0.25, 0.3) is 0 Å². The van der Waals surface area contributed by atoms with Crippen molar-refractivity contribution in [1.82, 2.24) is 0 Å². The molecule has 0 saturated heterocycles. The molecule has 1 aliphatic carbocycles. The summed E-state index contributed by atoms with van der Waals surface area (Å²) in [7, 11) is 0. The first-order valence-electron chi connectivity index (χ1n) is 8.46. The van der Waals surface area contributed by atoms with E-state index in [1.807, 2.05) is 0 Å². The molecule has 0 N–H and O–H groups in total. The summed E-state index contributed by atoms with van der Waals surface area (Å²) in [5, 5.41) is 0. The number of allylic oxidation sites excluding steroid dienone is 6. The second kappa shape index (κ2) is 6.88. The van der Waals surface area contributed by atoms with E-state index in [1.54, 1.807) is 0 Å². The van der Waals surface area contributed by atoms with Crippen molar-refractivity contribution in [3.05, 3.63) is 118 Å². The molecule has 122 valence electrons. The second-order valence-corrected chi connectivity index (χ2v) is 6.65. The Hall–Kier alpha value is -2.60. The summed E-state index contributed by atoms with van der Waals surface area (Å²) < 4.78 is 0. The van der Waals surface area contributed by atoms with Crippen LogP contribution in [0.4, 0.5) is 0 Å². The zero-order chi connectivity index (χ0) is 17.1. The molecule has 0 radical (unpaired) electrons. The Morgan fingerprint density at radius 2 is 1.29 bits per heavy atom. The van der Waals surface area contributed by atoms with E-state index < -0.39 is 0 Å². The van der Waals surface area contributed by atoms with Gasteiger partial charge in [0.05, 0.1) is 0 Å². The Balaban J connectivity index is 2.06. The van der Waals surface area contributed by atoms with Gasteiger partial charge in [-0.3, -0.25) is 0 Å². The largest absolute Gasteiger partial charge is 0.193 e. The van der Waals surface area contributed by atoms with Crippen LogP contribution in [0.5, 0.6) is 0 Å². The van der Waals surface area contributed by atoms with Crippen molar-refractivity contribution in [1.29, 1.82) is 0 Å². The molecule has 2 aromatic rings. The average molecular weight is 312 g/mol. The number of aryl methyl sites for hydroxylation is 2. The molecule has 3 rings (SSSR count). The van der Waals surface area contributed by atoms with Crippen molar-refractivity contribution in [3.63, 3.8) is 0 Å². The SMILES string of the molecule is CC1=C/C(=C\[C-](c2ccc(C)cc2)c2ccc(C)cc2)[C-](C)C=C1. The zero-order valence-corrected chi connectivity index (χ0v) is 14.9. The van der Waals surface area contributed by atoms with Crippen LogP contribution in [0.1, 0.15) is 36.1 Å². The molecule has 0 atom stereocenters. The van der Waals surface area contributed by atoms with Gasteiger partial charge in [0.1, 0.15) is 0 Å². The molecule has 0 aliphatic heterocycles. The van der Waals surface area contributed by atoms with Crippen LogP contribution >= 0.6 is 0 Å². The maximum Gasteiger partial charge on any atom is -0.0408 e. The fourth-order valence-electron chi connectivity index (χ4n) is 2.87. The molecular formula is C24H24-2. The fourth-order valence-corrected chi connectivity index (χ4v) is 2.87. The Morgan fingerprint density at radius 1 is 0.792 bits per heavy atom. The Morgan fingerprint density at radius 3 is 1.79 bits per heavy atom. The normalized spacial score (nSPS) is 15.6. The Bertz CT molecular complexity index is 737. The van der Waals surface area contributed by atoms with Gasteiger partial charge in [0.2, 0.25) is 0 Å². The van der Waals surface area contributed by atoms with Crippen LogP contribution in [0.3, 0.4) is 0 Å². The van der Waals surface area contributed by atoms with Crippen LogP contribution < -0.4 is 0 Å². The number of hydrogen-bond donors (Lipinski definition) is 0. The highest BCUT2D eigenvalue weighted by molar-refractivity contribution is 5.58. The maximum absolute atomic E-state index is 2.32. The lowest BCUT2D eigenvalue weighted by Crippen LogP contribution is -2.04. The summed E-state index contributed by atoms with van der Waals surface area (Å²) in [4.78, 5) is 0. The topological polar surface area (TPSA) is 0 Å². The molecule has 2 aromatic carbocycles. The first-order chi connectivity index (χ1) is 11.5. The highest BCUT2D eigenvalue weighted by Crippen LogP contribution is 2.31. The minimum atomic E-state index is 1.25. The molecular weight excluding hydrogens is 288 g/mol. The average Bonchev–Trinajstić information content (AvgIpc) is 2.58. The van der Waals surface area contributed by atoms with Crippen molar-refractivity contribution in [3.8, 4) is 0 Å². The number of rotatable bonds is 3.